The van der Waals surface area contributed by atoms with Crippen LogP contribution in [0.15, 0.2) is 0 Å². The smallest absolute Gasteiger partial charge is 0.0547 e. The number of thioether (sulfide) groups is 1. The molecule has 0 rings (SSSR count). The van der Waals surface area contributed by atoms with E-state index in [1.54, 1.807) is 0 Å². The first-order valence-electron chi connectivity index (χ1n) is 4.43. The van der Waals surface area contributed by atoms with Gasteiger partial charge in [-0.25, -0.2) is 0 Å². The number of aliphatic hydroxyl groups excluding tert-OH is 1. The van der Waals surface area contributed by atoms with E-state index in [9.17, 15) is 0 Å². The van der Waals surface area contributed by atoms with Crippen molar-refractivity contribution in [2.24, 2.45) is 5.92 Å². The second-order valence-corrected chi connectivity index (χ2v) is 4.69. The highest BCUT2D eigenvalue weighted by Gasteiger charge is 2.04. The molecule has 11 heavy (non-hydrogen) atoms. The summed E-state index contributed by atoms with van der Waals surface area (Å²) >= 11 is 1.87. The molecule has 0 spiro atoms. The Bertz CT molecular complexity index is 85.6. The molecule has 68 valence electrons. The van der Waals surface area contributed by atoms with Crippen molar-refractivity contribution in [1.82, 2.24) is 0 Å². The van der Waals surface area contributed by atoms with Crippen molar-refractivity contribution in [2.75, 3.05) is 12.4 Å². The van der Waals surface area contributed by atoms with Gasteiger partial charge in [0.15, 0.2) is 0 Å². The summed E-state index contributed by atoms with van der Waals surface area (Å²) in [5, 5.41) is 9.17. The van der Waals surface area contributed by atoms with Gasteiger partial charge in [0.05, 0.1) is 6.61 Å². The van der Waals surface area contributed by atoms with Gasteiger partial charge in [0.1, 0.15) is 0 Å². The minimum absolute atomic E-state index is 0.309. The molecule has 0 amide bonds. The van der Waals surface area contributed by atoms with E-state index in [-0.39, 0.29) is 0 Å². The number of hydrogen-bond donors (Lipinski definition) is 1. The first kappa shape index (κ1) is 11.3. The molecule has 1 nitrogen and oxygen atoms in total. The SMILES string of the molecule is CCCC(C)CSC(C)CO. The second-order valence-electron chi connectivity index (χ2n) is 3.22. The van der Waals surface area contributed by atoms with Crippen LogP contribution in [0.1, 0.15) is 33.6 Å². The Balaban J connectivity index is 3.22. The summed E-state index contributed by atoms with van der Waals surface area (Å²) < 4.78 is 0. The molecule has 0 bridgehead atoms. The highest BCUT2D eigenvalue weighted by atomic mass is 32.2. The van der Waals surface area contributed by atoms with Gasteiger partial charge in [0.25, 0.3) is 0 Å². The van der Waals surface area contributed by atoms with E-state index in [0.29, 0.717) is 11.9 Å². The van der Waals surface area contributed by atoms with Crippen molar-refractivity contribution < 1.29 is 5.11 Å². The molecule has 0 aliphatic carbocycles. The van der Waals surface area contributed by atoms with Crippen molar-refractivity contribution >= 4 is 11.8 Å². The summed E-state index contributed by atoms with van der Waals surface area (Å²) in [4.78, 5) is 0. The Morgan fingerprint density at radius 3 is 2.45 bits per heavy atom. The molecule has 0 aromatic carbocycles. The third kappa shape index (κ3) is 6.70. The van der Waals surface area contributed by atoms with Gasteiger partial charge in [-0.05, 0) is 11.7 Å². The number of hydrogen-bond acceptors (Lipinski definition) is 2. The number of rotatable bonds is 6. The quantitative estimate of drug-likeness (QED) is 0.671. The van der Waals surface area contributed by atoms with E-state index in [1.165, 1.54) is 18.6 Å². The lowest BCUT2D eigenvalue weighted by Crippen LogP contribution is -2.07. The Labute approximate surface area is 74.6 Å². The molecule has 0 aromatic rings. The predicted octanol–water partition coefficient (Wildman–Crippen LogP) is 2.54. The molecule has 0 aliphatic rings. The molecule has 0 aliphatic heterocycles. The maximum Gasteiger partial charge on any atom is 0.0547 e. The predicted molar refractivity (Wildman–Crippen MR) is 53.1 cm³/mol. The van der Waals surface area contributed by atoms with E-state index < -0.39 is 0 Å². The minimum Gasteiger partial charge on any atom is -0.395 e. The van der Waals surface area contributed by atoms with Crippen LogP contribution in [0.25, 0.3) is 0 Å². The lowest BCUT2D eigenvalue weighted by Gasteiger charge is -2.12. The third-order valence-corrected chi connectivity index (χ3v) is 3.18. The zero-order chi connectivity index (χ0) is 8.69. The minimum atomic E-state index is 0.309. The highest BCUT2D eigenvalue weighted by molar-refractivity contribution is 7.99. The Morgan fingerprint density at radius 1 is 1.36 bits per heavy atom. The summed E-state index contributed by atoms with van der Waals surface area (Å²) in [6, 6.07) is 0. The largest absolute Gasteiger partial charge is 0.395 e. The van der Waals surface area contributed by atoms with Crippen LogP contribution < -0.4 is 0 Å². The van der Waals surface area contributed by atoms with Crippen molar-refractivity contribution in [3.63, 3.8) is 0 Å². The molecular weight excluding hydrogens is 156 g/mol. The van der Waals surface area contributed by atoms with Crippen molar-refractivity contribution in [3.05, 3.63) is 0 Å². The average molecular weight is 176 g/mol. The molecule has 2 atom stereocenters. The molecule has 2 unspecified atom stereocenters. The van der Waals surface area contributed by atoms with Crippen molar-refractivity contribution in [1.29, 1.82) is 0 Å². The van der Waals surface area contributed by atoms with Gasteiger partial charge in [0.2, 0.25) is 0 Å². The van der Waals surface area contributed by atoms with E-state index in [2.05, 4.69) is 20.8 Å². The zero-order valence-corrected chi connectivity index (χ0v) is 8.66. The Kier molecular flexibility index (Phi) is 7.18. The number of aliphatic hydroxyl groups is 1. The molecule has 0 aromatic heterocycles. The van der Waals surface area contributed by atoms with Crippen LogP contribution in [0.5, 0.6) is 0 Å². The molecular formula is C9H20OS. The second kappa shape index (κ2) is 6.99. The Morgan fingerprint density at radius 2 is 2.00 bits per heavy atom. The van der Waals surface area contributed by atoms with E-state index in [0.717, 1.165) is 5.92 Å². The van der Waals surface area contributed by atoms with Crippen LogP contribution in [-0.2, 0) is 0 Å². The van der Waals surface area contributed by atoms with E-state index in [1.807, 2.05) is 11.8 Å². The summed E-state index contributed by atoms with van der Waals surface area (Å²) in [5.74, 6) is 1.99. The van der Waals surface area contributed by atoms with Crippen LogP contribution >= 0.6 is 11.8 Å². The summed E-state index contributed by atoms with van der Waals surface area (Å²) in [6.07, 6.45) is 2.58. The maximum atomic E-state index is 8.76. The molecule has 0 heterocycles. The van der Waals surface area contributed by atoms with Gasteiger partial charge < -0.3 is 5.11 Å². The van der Waals surface area contributed by atoms with Crippen molar-refractivity contribution in [3.8, 4) is 0 Å². The summed E-state index contributed by atoms with van der Waals surface area (Å²) in [7, 11) is 0. The molecule has 0 saturated carbocycles. The molecule has 0 radical (unpaired) electrons. The fourth-order valence-corrected chi connectivity index (χ4v) is 1.89. The van der Waals surface area contributed by atoms with Gasteiger partial charge in [-0.3, -0.25) is 0 Å². The maximum absolute atomic E-state index is 8.76. The van der Waals surface area contributed by atoms with Crippen LogP contribution in [0.3, 0.4) is 0 Å². The lowest BCUT2D eigenvalue weighted by atomic mass is 10.1. The van der Waals surface area contributed by atoms with Crippen LogP contribution in [0, 0.1) is 5.92 Å². The topological polar surface area (TPSA) is 20.2 Å². The Hall–Kier alpha value is 0.310. The first-order chi connectivity index (χ1) is 5.20. The first-order valence-corrected chi connectivity index (χ1v) is 5.48. The molecule has 2 heteroatoms. The average Bonchev–Trinajstić information content (AvgIpc) is 2.01. The monoisotopic (exact) mass is 176 g/mol. The summed E-state index contributed by atoms with van der Waals surface area (Å²) in [6.45, 7) is 6.88. The zero-order valence-electron chi connectivity index (χ0n) is 7.84. The standard InChI is InChI=1S/C9H20OS/c1-4-5-8(2)7-11-9(3)6-10/h8-10H,4-7H2,1-3H3. The van der Waals surface area contributed by atoms with Crippen molar-refractivity contribution in [2.45, 2.75) is 38.9 Å². The van der Waals surface area contributed by atoms with Gasteiger partial charge in [-0.1, -0.05) is 33.6 Å². The van der Waals surface area contributed by atoms with E-state index in [4.69, 9.17) is 5.11 Å². The van der Waals surface area contributed by atoms with Gasteiger partial charge >= 0.3 is 0 Å². The van der Waals surface area contributed by atoms with E-state index >= 15 is 0 Å². The van der Waals surface area contributed by atoms with Crippen LogP contribution in [0.4, 0.5) is 0 Å². The normalized spacial score (nSPS) is 16.4. The fraction of sp³-hybridized carbons (Fsp3) is 1.00. The molecule has 0 fully saturated rings. The third-order valence-electron chi connectivity index (χ3n) is 1.70. The highest BCUT2D eigenvalue weighted by Crippen LogP contribution is 2.17. The lowest BCUT2D eigenvalue weighted by molar-refractivity contribution is 0.300. The van der Waals surface area contributed by atoms with Crippen LogP contribution in [-0.4, -0.2) is 22.7 Å². The fourth-order valence-electron chi connectivity index (χ4n) is 0.957. The molecule has 0 saturated heterocycles. The van der Waals surface area contributed by atoms with Crippen LogP contribution in [0.2, 0.25) is 0 Å². The van der Waals surface area contributed by atoms with Gasteiger partial charge in [0, 0.05) is 5.25 Å². The molecule has 1 N–H and O–H groups in total. The van der Waals surface area contributed by atoms with Gasteiger partial charge in [-0.2, -0.15) is 11.8 Å². The summed E-state index contributed by atoms with van der Waals surface area (Å²) in [5.41, 5.74) is 0. The van der Waals surface area contributed by atoms with Gasteiger partial charge in [-0.15, -0.1) is 0 Å².